The van der Waals surface area contributed by atoms with Gasteiger partial charge in [-0.3, -0.25) is 4.79 Å². The molecule has 0 aromatic heterocycles. The molecule has 0 amide bonds. The van der Waals surface area contributed by atoms with Crippen molar-refractivity contribution in [3.8, 4) is 0 Å². The second kappa shape index (κ2) is 9.86. The van der Waals surface area contributed by atoms with Gasteiger partial charge < -0.3 is 20.1 Å². The Balaban J connectivity index is 1.82. The van der Waals surface area contributed by atoms with E-state index in [2.05, 4.69) is 6.92 Å². The van der Waals surface area contributed by atoms with E-state index in [-0.39, 0.29) is 24.5 Å². The monoisotopic (exact) mass is 368 g/mol. The molecule has 2 rings (SSSR count). The van der Waals surface area contributed by atoms with Gasteiger partial charge in [-0.2, -0.15) is 0 Å². The second-order valence-electron chi connectivity index (χ2n) is 8.44. The van der Waals surface area contributed by atoms with E-state index in [0.29, 0.717) is 24.9 Å². The number of unbranched alkanes of at least 4 members (excludes halogenated alkanes) is 2. The van der Waals surface area contributed by atoms with Crippen LogP contribution in [0.4, 0.5) is 0 Å². The number of carboxylic acids is 1. The van der Waals surface area contributed by atoms with Crippen LogP contribution < -0.4 is 0 Å². The fourth-order valence-corrected chi connectivity index (χ4v) is 4.61. The van der Waals surface area contributed by atoms with Crippen LogP contribution in [0, 0.1) is 17.8 Å². The Kier molecular flexibility index (Phi) is 8.11. The number of fused-ring (bicyclic) bond motifs is 1. The quantitative estimate of drug-likeness (QED) is 0.384. The molecule has 0 aromatic rings. The van der Waals surface area contributed by atoms with Crippen molar-refractivity contribution in [1.29, 1.82) is 0 Å². The second-order valence-corrected chi connectivity index (χ2v) is 8.44. The highest BCUT2D eigenvalue weighted by atomic mass is 16.5. The number of aliphatic carboxylic acids is 1. The van der Waals surface area contributed by atoms with Gasteiger partial charge in [-0.15, -0.1) is 0 Å². The summed E-state index contributed by atoms with van der Waals surface area (Å²) in [6.07, 6.45) is 11.2. The third-order valence-electron chi connectivity index (χ3n) is 6.04. The third kappa shape index (κ3) is 6.36. The Hall–Kier alpha value is -0.910. The van der Waals surface area contributed by atoms with Crippen LogP contribution in [0.2, 0.25) is 0 Å². The number of aliphatic hydroxyl groups is 2. The molecule has 6 atom stereocenters. The van der Waals surface area contributed by atoms with E-state index in [1.807, 2.05) is 19.1 Å². The molecule has 0 saturated heterocycles. The Morgan fingerprint density at radius 3 is 2.69 bits per heavy atom. The molecule has 0 bridgehead atoms. The minimum absolute atomic E-state index is 0.0882. The van der Waals surface area contributed by atoms with Crippen LogP contribution in [-0.4, -0.2) is 45.7 Å². The van der Waals surface area contributed by atoms with Crippen LogP contribution in [0.3, 0.4) is 0 Å². The predicted octanol–water partition coefficient (Wildman–Crippen LogP) is 3.53. The zero-order valence-corrected chi connectivity index (χ0v) is 16.3. The molecule has 150 valence electrons. The standard InChI is InChI=1S/C21H36O5/c1-3-4-5-9-21(2,25)10-8-17-18-14-16(12-15(18)13-19(17)22)26-11-6-7-20(23)24/h8,10,15-19,22,25H,3-7,9,11-14H2,1-2H3,(H,23,24)/t15-,16?,17-,18+,19-,21?/m0/s1. The number of aliphatic hydroxyl groups excluding tert-OH is 1. The van der Waals surface area contributed by atoms with E-state index in [9.17, 15) is 15.0 Å². The molecule has 0 spiro atoms. The van der Waals surface area contributed by atoms with Gasteiger partial charge in [-0.1, -0.05) is 38.3 Å². The molecule has 0 aliphatic heterocycles. The van der Waals surface area contributed by atoms with Crippen LogP contribution in [0.1, 0.15) is 71.6 Å². The van der Waals surface area contributed by atoms with Crippen LogP contribution >= 0.6 is 0 Å². The summed E-state index contributed by atoms with van der Waals surface area (Å²) in [5.74, 6) is 0.174. The molecule has 0 aromatic carbocycles. The maximum Gasteiger partial charge on any atom is 0.303 e. The van der Waals surface area contributed by atoms with Gasteiger partial charge in [0.1, 0.15) is 0 Å². The highest BCUT2D eigenvalue weighted by Gasteiger charge is 2.47. The van der Waals surface area contributed by atoms with E-state index < -0.39 is 11.6 Å². The van der Waals surface area contributed by atoms with Crippen molar-refractivity contribution in [3.63, 3.8) is 0 Å². The van der Waals surface area contributed by atoms with Crippen molar-refractivity contribution in [1.82, 2.24) is 0 Å². The zero-order chi connectivity index (χ0) is 19.2. The lowest BCUT2D eigenvalue weighted by atomic mass is 9.88. The summed E-state index contributed by atoms with van der Waals surface area (Å²) in [6, 6.07) is 0. The molecule has 5 nitrogen and oxygen atoms in total. The van der Waals surface area contributed by atoms with E-state index in [1.165, 1.54) is 0 Å². The fraction of sp³-hybridized carbons (Fsp3) is 0.857. The molecule has 3 N–H and O–H groups in total. The minimum atomic E-state index is -0.807. The molecule has 26 heavy (non-hydrogen) atoms. The number of carboxylic acid groups (broad SMARTS) is 1. The summed E-state index contributed by atoms with van der Waals surface area (Å²) in [5.41, 5.74) is -0.807. The predicted molar refractivity (Wildman–Crippen MR) is 101 cm³/mol. The van der Waals surface area contributed by atoms with Crippen LogP contribution in [0.5, 0.6) is 0 Å². The Morgan fingerprint density at radius 1 is 1.23 bits per heavy atom. The lowest BCUT2D eigenvalue weighted by Crippen LogP contribution is -2.24. The van der Waals surface area contributed by atoms with Gasteiger partial charge in [0.2, 0.25) is 0 Å². The molecule has 2 aliphatic rings. The Bertz CT molecular complexity index is 473. The van der Waals surface area contributed by atoms with Gasteiger partial charge >= 0.3 is 5.97 Å². The summed E-state index contributed by atoms with van der Waals surface area (Å²) < 4.78 is 5.87. The maximum atomic E-state index is 10.6. The summed E-state index contributed by atoms with van der Waals surface area (Å²) in [7, 11) is 0. The van der Waals surface area contributed by atoms with Crippen molar-refractivity contribution in [3.05, 3.63) is 12.2 Å². The number of hydrogen-bond donors (Lipinski definition) is 3. The maximum absolute atomic E-state index is 10.6. The van der Waals surface area contributed by atoms with Crippen molar-refractivity contribution in [2.75, 3.05) is 6.61 Å². The van der Waals surface area contributed by atoms with Gasteiger partial charge in [0.05, 0.1) is 17.8 Å². The molecule has 0 radical (unpaired) electrons. The summed E-state index contributed by atoms with van der Waals surface area (Å²) in [5, 5.41) is 29.6. The van der Waals surface area contributed by atoms with E-state index in [4.69, 9.17) is 9.84 Å². The molecular formula is C21H36O5. The summed E-state index contributed by atoms with van der Waals surface area (Å²) in [4.78, 5) is 10.6. The molecule has 2 unspecified atom stereocenters. The first-order chi connectivity index (χ1) is 12.3. The third-order valence-corrected chi connectivity index (χ3v) is 6.04. The number of hydrogen-bond acceptors (Lipinski definition) is 4. The summed E-state index contributed by atoms with van der Waals surface area (Å²) >= 11 is 0. The van der Waals surface area contributed by atoms with E-state index >= 15 is 0 Å². The molecule has 2 fully saturated rings. The minimum Gasteiger partial charge on any atom is -0.481 e. The van der Waals surface area contributed by atoms with Crippen molar-refractivity contribution >= 4 is 5.97 Å². The van der Waals surface area contributed by atoms with Crippen molar-refractivity contribution < 1.29 is 24.9 Å². The molecule has 2 aliphatic carbocycles. The van der Waals surface area contributed by atoms with E-state index in [0.717, 1.165) is 44.9 Å². The lowest BCUT2D eigenvalue weighted by Gasteiger charge is -2.23. The van der Waals surface area contributed by atoms with Gasteiger partial charge in [-0.05, 0) is 50.9 Å². The Morgan fingerprint density at radius 2 is 2.00 bits per heavy atom. The topological polar surface area (TPSA) is 87.0 Å². The highest BCUT2D eigenvalue weighted by Crippen LogP contribution is 2.49. The van der Waals surface area contributed by atoms with Crippen LogP contribution in [0.15, 0.2) is 12.2 Å². The van der Waals surface area contributed by atoms with Crippen molar-refractivity contribution in [2.24, 2.45) is 17.8 Å². The smallest absolute Gasteiger partial charge is 0.303 e. The van der Waals surface area contributed by atoms with Gasteiger partial charge in [-0.25, -0.2) is 0 Å². The van der Waals surface area contributed by atoms with Crippen molar-refractivity contribution in [2.45, 2.75) is 89.4 Å². The van der Waals surface area contributed by atoms with Gasteiger partial charge in [0.25, 0.3) is 0 Å². The SMILES string of the molecule is CCCCCC(C)(O)C=C[C@H]1[C@@H]2CC(OCCCC(=O)O)C[C@H]2C[C@@H]1O. The molecular weight excluding hydrogens is 332 g/mol. The van der Waals surface area contributed by atoms with Gasteiger partial charge in [0, 0.05) is 18.9 Å². The summed E-state index contributed by atoms with van der Waals surface area (Å²) in [6.45, 7) is 4.49. The number of ether oxygens (including phenoxy) is 1. The lowest BCUT2D eigenvalue weighted by molar-refractivity contribution is -0.137. The first-order valence-corrected chi connectivity index (χ1v) is 10.3. The number of carbonyl (C=O) groups is 1. The zero-order valence-electron chi connectivity index (χ0n) is 16.3. The number of rotatable bonds is 11. The average Bonchev–Trinajstić information content (AvgIpc) is 3.06. The largest absolute Gasteiger partial charge is 0.481 e. The molecule has 0 heterocycles. The molecule has 5 heteroatoms. The average molecular weight is 369 g/mol. The van der Waals surface area contributed by atoms with Crippen LogP contribution in [0.25, 0.3) is 0 Å². The Labute approximate surface area is 157 Å². The first-order valence-electron chi connectivity index (χ1n) is 10.3. The molecule has 2 saturated carbocycles. The van der Waals surface area contributed by atoms with E-state index in [1.54, 1.807) is 0 Å². The first kappa shape index (κ1) is 21.4. The fourth-order valence-electron chi connectivity index (χ4n) is 4.61. The highest BCUT2D eigenvalue weighted by molar-refractivity contribution is 5.66. The van der Waals surface area contributed by atoms with Gasteiger partial charge in [0.15, 0.2) is 0 Å². The van der Waals surface area contributed by atoms with Crippen LogP contribution in [-0.2, 0) is 9.53 Å². The normalized spacial score (nSPS) is 33.5.